The number of rotatable bonds is 9. The first kappa shape index (κ1) is 23.6. The SMILES string of the molecule is CCOC(=O)c1c(-c2ccc(OC)c(OC)c2)csc1NC(=O)CSc1nnc2ccccn12. The van der Waals surface area contributed by atoms with Crippen molar-refractivity contribution in [1.29, 1.82) is 0 Å². The number of hydrogen-bond donors (Lipinski definition) is 1. The van der Waals surface area contributed by atoms with E-state index in [1.54, 1.807) is 33.3 Å². The fraction of sp³-hybridized carbons (Fsp3) is 0.217. The fourth-order valence-electron chi connectivity index (χ4n) is 3.28. The van der Waals surface area contributed by atoms with Crippen LogP contribution in [-0.2, 0) is 9.53 Å². The molecule has 4 rings (SSSR count). The Morgan fingerprint density at radius 1 is 1.12 bits per heavy atom. The molecule has 0 spiro atoms. The van der Waals surface area contributed by atoms with E-state index in [0.717, 1.165) is 5.56 Å². The topological polar surface area (TPSA) is 104 Å². The van der Waals surface area contributed by atoms with Crippen LogP contribution in [0.15, 0.2) is 53.1 Å². The molecule has 0 saturated carbocycles. The van der Waals surface area contributed by atoms with Gasteiger partial charge in [-0.15, -0.1) is 21.5 Å². The molecule has 3 aromatic heterocycles. The molecule has 0 aliphatic rings. The summed E-state index contributed by atoms with van der Waals surface area (Å²) in [5.74, 6) is 0.416. The first-order valence-electron chi connectivity index (χ1n) is 10.3. The number of methoxy groups -OCH3 is 2. The van der Waals surface area contributed by atoms with Crippen LogP contribution in [0.4, 0.5) is 5.00 Å². The lowest BCUT2D eigenvalue weighted by Gasteiger charge is -2.11. The molecule has 0 aliphatic carbocycles. The number of thiophene rings is 1. The summed E-state index contributed by atoms with van der Waals surface area (Å²) in [6.45, 7) is 1.95. The number of anilines is 1. The Hall–Kier alpha value is -3.57. The van der Waals surface area contributed by atoms with E-state index in [9.17, 15) is 9.59 Å². The van der Waals surface area contributed by atoms with Crippen molar-refractivity contribution in [2.24, 2.45) is 0 Å². The second kappa shape index (κ2) is 10.6. The molecule has 0 atom stereocenters. The molecular formula is C23H22N4O5S2. The molecule has 0 unspecified atom stereocenters. The van der Waals surface area contributed by atoms with Crippen molar-refractivity contribution in [2.45, 2.75) is 12.1 Å². The van der Waals surface area contributed by atoms with Gasteiger partial charge >= 0.3 is 5.97 Å². The number of carbonyl (C=O) groups excluding carboxylic acids is 2. The highest BCUT2D eigenvalue weighted by Gasteiger charge is 2.24. The number of carbonyl (C=O) groups is 2. The van der Waals surface area contributed by atoms with Gasteiger partial charge in [-0.2, -0.15) is 0 Å². The van der Waals surface area contributed by atoms with E-state index >= 15 is 0 Å². The monoisotopic (exact) mass is 498 g/mol. The van der Waals surface area contributed by atoms with Crippen LogP contribution in [0.5, 0.6) is 11.5 Å². The molecule has 4 aromatic rings. The third-order valence-electron chi connectivity index (χ3n) is 4.83. The molecule has 0 bridgehead atoms. The number of thioether (sulfide) groups is 1. The van der Waals surface area contributed by atoms with Crippen molar-refractivity contribution in [1.82, 2.24) is 14.6 Å². The zero-order chi connectivity index (χ0) is 24.1. The number of pyridine rings is 1. The predicted octanol–water partition coefficient (Wildman–Crippen LogP) is 4.38. The molecule has 0 radical (unpaired) electrons. The molecule has 1 amide bonds. The molecule has 0 saturated heterocycles. The van der Waals surface area contributed by atoms with Gasteiger partial charge in [0.05, 0.1) is 26.6 Å². The van der Waals surface area contributed by atoms with Crippen molar-refractivity contribution < 1.29 is 23.8 Å². The molecule has 9 nitrogen and oxygen atoms in total. The number of esters is 1. The third-order valence-corrected chi connectivity index (χ3v) is 6.67. The van der Waals surface area contributed by atoms with Crippen LogP contribution < -0.4 is 14.8 Å². The quantitative estimate of drug-likeness (QED) is 0.268. The molecule has 1 aromatic carbocycles. The van der Waals surface area contributed by atoms with E-state index in [2.05, 4.69) is 15.5 Å². The van der Waals surface area contributed by atoms with Gasteiger partial charge in [-0.05, 0) is 36.8 Å². The van der Waals surface area contributed by atoms with E-state index < -0.39 is 5.97 Å². The zero-order valence-corrected chi connectivity index (χ0v) is 20.4. The predicted molar refractivity (Wildman–Crippen MR) is 131 cm³/mol. The number of amides is 1. The number of ether oxygens (including phenoxy) is 3. The molecule has 0 aliphatic heterocycles. The number of nitrogens with zero attached hydrogens (tertiary/aromatic N) is 3. The van der Waals surface area contributed by atoms with Crippen LogP contribution in [0, 0.1) is 0 Å². The van der Waals surface area contributed by atoms with Gasteiger partial charge in [0.1, 0.15) is 10.6 Å². The fourth-order valence-corrected chi connectivity index (χ4v) is 4.98. The standard InChI is InChI=1S/C23H22N4O5S2/c1-4-32-22(29)20-15(14-8-9-16(30-2)17(11-14)31-3)12-33-21(20)24-19(28)13-34-23-26-25-18-7-5-6-10-27(18)23/h5-12H,4,13H2,1-3H3,(H,24,28). The van der Waals surface area contributed by atoms with E-state index in [4.69, 9.17) is 14.2 Å². The van der Waals surface area contributed by atoms with Crippen molar-refractivity contribution >= 4 is 45.6 Å². The van der Waals surface area contributed by atoms with Gasteiger partial charge in [0.25, 0.3) is 0 Å². The van der Waals surface area contributed by atoms with Crippen LogP contribution in [0.2, 0.25) is 0 Å². The molecule has 11 heteroatoms. The first-order valence-corrected chi connectivity index (χ1v) is 12.2. The van der Waals surface area contributed by atoms with Crippen molar-refractivity contribution in [3.8, 4) is 22.6 Å². The minimum Gasteiger partial charge on any atom is -0.493 e. The van der Waals surface area contributed by atoms with Crippen LogP contribution in [0.25, 0.3) is 16.8 Å². The van der Waals surface area contributed by atoms with E-state index in [0.29, 0.717) is 38.4 Å². The van der Waals surface area contributed by atoms with Crippen molar-refractivity contribution in [3.05, 3.63) is 53.5 Å². The van der Waals surface area contributed by atoms with E-state index in [-0.39, 0.29) is 18.3 Å². The Balaban J connectivity index is 1.57. The maximum atomic E-state index is 12.8. The van der Waals surface area contributed by atoms with Gasteiger partial charge in [0.15, 0.2) is 22.3 Å². The second-order valence-electron chi connectivity index (χ2n) is 6.89. The number of fused-ring (bicyclic) bond motifs is 1. The summed E-state index contributed by atoms with van der Waals surface area (Å²) in [7, 11) is 3.10. The summed E-state index contributed by atoms with van der Waals surface area (Å²) in [6.07, 6.45) is 1.84. The normalized spacial score (nSPS) is 10.8. The Morgan fingerprint density at radius 2 is 1.94 bits per heavy atom. The molecule has 3 heterocycles. The Kier molecular flexibility index (Phi) is 7.33. The summed E-state index contributed by atoms with van der Waals surface area (Å²) in [5, 5.41) is 13.9. The lowest BCUT2D eigenvalue weighted by molar-refractivity contribution is -0.113. The number of hydrogen-bond acceptors (Lipinski definition) is 9. The minimum absolute atomic E-state index is 0.0988. The van der Waals surface area contributed by atoms with Crippen LogP contribution in [0.1, 0.15) is 17.3 Å². The van der Waals surface area contributed by atoms with Crippen LogP contribution >= 0.6 is 23.1 Å². The maximum absolute atomic E-state index is 12.8. The molecule has 0 fully saturated rings. The Labute approximate surface area is 204 Å². The number of benzene rings is 1. The smallest absolute Gasteiger partial charge is 0.341 e. The van der Waals surface area contributed by atoms with Gasteiger partial charge in [-0.1, -0.05) is 23.9 Å². The average molecular weight is 499 g/mol. The van der Waals surface area contributed by atoms with Gasteiger partial charge < -0.3 is 19.5 Å². The third kappa shape index (κ3) is 4.85. The Morgan fingerprint density at radius 3 is 2.71 bits per heavy atom. The highest BCUT2D eigenvalue weighted by atomic mass is 32.2. The van der Waals surface area contributed by atoms with Gasteiger partial charge in [0.2, 0.25) is 5.91 Å². The molecular weight excluding hydrogens is 476 g/mol. The lowest BCUT2D eigenvalue weighted by atomic mass is 10.0. The van der Waals surface area contributed by atoms with Gasteiger partial charge in [-0.25, -0.2) is 4.79 Å². The Bertz CT molecular complexity index is 1330. The van der Waals surface area contributed by atoms with Gasteiger partial charge in [0, 0.05) is 17.1 Å². The average Bonchev–Trinajstić information content (AvgIpc) is 3.46. The first-order chi connectivity index (χ1) is 16.5. The maximum Gasteiger partial charge on any atom is 0.341 e. The summed E-state index contributed by atoms with van der Waals surface area (Å²) in [6, 6.07) is 10.9. The summed E-state index contributed by atoms with van der Waals surface area (Å²) >= 11 is 2.51. The summed E-state index contributed by atoms with van der Waals surface area (Å²) in [4.78, 5) is 25.6. The van der Waals surface area contributed by atoms with Crippen LogP contribution in [-0.4, -0.2) is 53.1 Å². The molecule has 1 N–H and O–H groups in total. The number of nitrogens with one attached hydrogen (secondary N) is 1. The summed E-state index contributed by atoms with van der Waals surface area (Å²) < 4.78 is 17.8. The van der Waals surface area contributed by atoms with Crippen molar-refractivity contribution in [2.75, 3.05) is 31.9 Å². The van der Waals surface area contributed by atoms with Crippen LogP contribution in [0.3, 0.4) is 0 Å². The zero-order valence-electron chi connectivity index (χ0n) is 18.7. The lowest BCUT2D eigenvalue weighted by Crippen LogP contribution is -2.16. The number of aromatic nitrogens is 3. The largest absolute Gasteiger partial charge is 0.493 e. The van der Waals surface area contributed by atoms with Gasteiger partial charge in [-0.3, -0.25) is 9.20 Å². The highest BCUT2D eigenvalue weighted by molar-refractivity contribution is 7.99. The summed E-state index contributed by atoms with van der Waals surface area (Å²) in [5.41, 5.74) is 2.37. The van der Waals surface area contributed by atoms with Crippen molar-refractivity contribution in [3.63, 3.8) is 0 Å². The second-order valence-corrected chi connectivity index (χ2v) is 8.71. The molecule has 176 valence electrons. The van der Waals surface area contributed by atoms with E-state index in [1.807, 2.05) is 40.2 Å². The highest BCUT2D eigenvalue weighted by Crippen LogP contribution is 2.39. The molecule has 34 heavy (non-hydrogen) atoms. The minimum atomic E-state index is -0.514. The van der Waals surface area contributed by atoms with E-state index in [1.165, 1.54) is 23.1 Å².